The van der Waals surface area contributed by atoms with E-state index in [9.17, 15) is 14.7 Å². The van der Waals surface area contributed by atoms with E-state index in [1.165, 1.54) is 11.6 Å². The fraction of sp³-hybridized carbons (Fsp3) is 0.217. The van der Waals surface area contributed by atoms with Gasteiger partial charge in [-0.2, -0.15) is 0 Å². The number of aromatic hydroxyl groups is 1. The predicted molar refractivity (Wildman–Crippen MR) is 119 cm³/mol. The summed E-state index contributed by atoms with van der Waals surface area (Å²) in [6.07, 6.45) is -0.540. The molecule has 0 saturated carbocycles. The summed E-state index contributed by atoms with van der Waals surface area (Å²) in [6, 6.07) is 14.1. The summed E-state index contributed by atoms with van der Waals surface area (Å²) in [4.78, 5) is 26.1. The minimum absolute atomic E-state index is 0.122. The number of hydrogen-bond donors (Lipinski definition) is 1. The van der Waals surface area contributed by atoms with E-state index in [0.717, 1.165) is 21.4 Å². The molecule has 0 radical (unpaired) electrons. The summed E-state index contributed by atoms with van der Waals surface area (Å²) < 4.78 is 10.8. The fourth-order valence-electron chi connectivity index (χ4n) is 4.43. The second kappa shape index (κ2) is 7.14. The standard InChI is InChI=1S/C23H20ClN3O4/c1-25-19-17(22(29)26(2)23(25)30)18(13-6-8-15(24)9-7-13)27-10-11-31-21(20(19)27)14-4-3-5-16(28)12-14/h3-9,12,21,28H,10-11H2,1-2H3/t21-/m0/s1. The fourth-order valence-corrected chi connectivity index (χ4v) is 4.56. The van der Waals surface area contributed by atoms with Gasteiger partial charge in [0.25, 0.3) is 5.56 Å². The lowest BCUT2D eigenvalue weighted by Gasteiger charge is -2.27. The van der Waals surface area contributed by atoms with Gasteiger partial charge in [-0.25, -0.2) is 4.79 Å². The number of phenolic OH excluding ortho intramolecular Hbond substituents is 1. The van der Waals surface area contributed by atoms with Crippen LogP contribution in [0.1, 0.15) is 17.4 Å². The number of nitrogens with zero attached hydrogens (tertiary/aromatic N) is 3. The summed E-state index contributed by atoms with van der Waals surface area (Å²) in [5.74, 6) is 0.122. The van der Waals surface area contributed by atoms with Gasteiger partial charge in [0.05, 0.1) is 28.9 Å². The zero-order valence-corrected chi connectivity index (χ0v) is 17.8. The SMILES string of the molecule is Cn1c(=O)c2c(-c3ccc(Cl)cc3)n3c(c2n(C)c1=O)[C@H](c1cccc(O)c1)OCC3. The van der Waals surface area contributed by atoms with Crippen LogP contribution in [0.5, 0.6) is 5.75 Å². The third-order valence-corrected chi connectivity index (χ3v) is 6.10. The van der Waals surface area contributed by atoms with E-state index in [-0.39, 0.29) is 11.3 Å². The topological polar surface area (TPSA) is 78.4 Å². The molecule has 31 heavy (non-hydrogen) atoms. The van der Waals surface area contributed by atoms with Crippen LogP contribution in [0.15, 0.2) is 58.1 Å². The lowest BCUT2D eigenvalue weighted by atomic mass is 10.0. The van der Waals surface area contributed by atoms with Gasteiger partial charge in [0.1, 0.15) is 11.9 Å². The van der Waals surface area contributed by atoms with Gasteiger partial charge < -0.3 is 14.4 Å². The van der Waals surface area contributed by atoms with E-state index in [4.69, 9.17) is 16.3 Å². The van der Waals surface area contributed by atoms with Crippen molar-refractivity contribution >= 4 is 22.5 Å². The normalized spacial score (nSPS) is 15.9. The van der Waals surface area contributed by atoms with Gasteiger partial charge in [-0.1, -0.05) is 35.9 Å². The highest BCUT2D eigenvalue weighted by atomic mass is 35.5. The Hall–Kier alpha value is -3.29. The molecule has 2 aromatic heterocycles. The first kappa shape index (κ1) is 19.7. The molecule has 0 bridgehead atoms. The largest absolute Gasteiger partial charge is 0.508 e. The van der Waals surface area contributed by atoms with E-state index >= 15 is 0 Å². The molecular formula is C23H20ClN3O4. The second-order valence-corrected chi connectivity index (χ2v) is 8.10. The number of fused-ring (bicyclic) bond motifs is 3. The molecule has 3 heterocycles. The van der Waals surface area contributed by atoms with Crippen molar-refractivity contribution in [3.05, 3.63) is 85.6 Å². The van der Waals surface area contributed by atoms with Crippen LogP contribution < -0.4 is 11.2 Å². The zero-order valence-electron chi connectivity index (χ0n) is 17.0. The first-order valence-corrected chi connectivity index (χ1v) is 10.2. The minimum Gasteiger partial charge on any atom is -0.508 e. The van der Waals surface area contributed by atoms with Crippen LogP contribution >= 0.6 is 11.6 Å². The summed E-state index contributed by atoms with van der Waals surface area (Å²) in [6.45, 7) is 0.942. The summed E-state index contributed by atoms with van der Waals surface area (Å²) in [7, 11) is 3.14. The Morgan fingerprint density at radius 2 is 1.81 bits per heavy atom. The van der Waals surface area contributed by atoms with E-state index in [2.05, 4.69) is 0 Å². The van der Waals surface area contributed by atoms with Crippen molar-refractivity contribution in [3.8, 4) is 17.0 Å². The van der Waals surface area contributed by atoms with Crippen molar-refractivity contribution in [3.63, 3.8) is 0 Å². The molecule has 0 aliphatic carbocycles. The Bertz CT molecular complexity index is 1450. The molecule has 2 aromatic carbocycles. The Labute approximate surface area is 182 Å². The number of hydrogen-bond acceptors (Lipinski definition) is 4. The smallest absolute Gasteiger partial charge is 0.331 e. The van der Waals surface area contributed by atoms with Gasteiger partial charge >= 0.3 is 5.69 Å². The average molecular weight is 438 g/mol. The zero-order chi connectivity index (χ0) is 21.9. The molecule has 5 rings (SSSR count). The quantitative estimate of drug-likeness (QED) is 0.522. The third kappa shape index (κ3) is 2.92. The Morgan fingerprint density at radius 3 is 2.52 bits per heavy atom. The van der Waals surface area contributed by atoms with E-state index in [1.54, 1.807) is 37.4 Å². The highest BCUT2D eigenvalue weighted by Crippen LogP contribution is 2.41. The van der Waals surface area contributed by atoms with Gasteiger partial charge in [0, 0.05) is 25.7 Å². The minimum atomic E-state index is -0.540. The number of aromatic nitrogens is 3. The number of rotatable bonds is 2. The van der Waals surface area contributed by atoms with Crippen LogP contribution in [0.25, 0.3) is 22.2 Å². The molecule has 158 valence electrons. The monoisotopic (exact) mass is 437 g/mol. The van der Waals surface area contributed by atoms with Crippen molar-refractivity contribution in [2.45, 2.75) is 12.6 Å². The van der Waals surface area contributed by atoms with Gasteiger partial charge in [-0.15, -0.1) is 0 Å². The Kier molecular flexibility index (Phi) is 4.53. The van der Waals surface area contributed by atoms with Crippen LogP contribution in [-0.4, -0.2) is 25.4 Å². The number of benzene rings is 2. The summed E-state index contributed by atoms with van der Waals surface area (Å²) in [5, 5.41) is 11.1. The molecule has 0 saturated heterocycles. The van der Waals surface area contributed by atoms with E-state index in [0.29, 0.717) is 34.8 Å². The molecule has 1 atom stereocenters. The van der Waals surface area contributed by atoms with Crippen molar-refractivity contribution in [2.75, 3.05) is 6.61 Å². The number of phenols is 1. The van der Waals surface area contributed by atoms with Crippen LogP contribution in [-0.2, 0) is 25.4 Å². The van der Waals surface area contributed by atoms with Crippen LogP contribution in [0.3, 0.4) is 0 Å². The van der Waals surface area contributed by atoms with Crippen LogP contribution in [0.4, 0.5) is 0 Å². The molecule has 1 aliphatic heterocycles. The molecule has 0 amide bonds. The van der Waals surface area contributed by atoms with Gasteiger partial charge in [-0.3, -0.25) is 13.9 Å². The predicted octanol–water partition coefficient (Wildman–Crippen LogP) is 3.18. The highest BCUT2D eigenvalue weighted by molar-refractivity contribution is 6.30. The van der Waals surface area contributed by atoms with E-state index < -0.39 is 11.8 Å². The molecule has 0 fully saturated rings. The highest BCUT2D eigenvalue weighted by Gasteiger charge is 2.33. The first-order valence-electron chi connectivity index (χ1n) is 9.87. The average Bonchev–Trinajstić information content (AvgIpc) is 3.12. The lowest BCUT2D eigenvalue weighted by Crippen LogP contribution is -2.37. The van der Waals surface area contributed by atoms with Crippen LogP contribution in [0, 0.1) is 0 Å². The molecule has 7 nitrogen and oxygen atoms in total. The van der Waals surface area contributed by atoms with Crippen molar-refractivity contribution in [1.82, 2.24) is 13.7 Å². The lowest BCUT2D eigenvalue weighted by molar-refractivity contribution is 0.0477. The maximum Gasteiger partial charge on any atom is 0.331 e. The summed E-state index contributed by atoms with van der Waals surface area (Å²) in [5.41, 5.74) is 2.78. The molecule has 0 unspecified atom stereocenters. The maximum atomic E-state index is 13.3. The van der Waals surface area contributed by atoms with Gasteiger partial charge in [0.2, 0.25) is 0 Å². The van der Waals surface area contributed by atoms with Crippen molar-refractivity contribution in [1.29, 1.82) is 0 Å². The molecule has 8 heteroatoms. The molecule has 4 aromatic rings. The molecular weight excluding hydrogens is 418 g/mol. The molecule has 1 aliphatic rings. The summed E-state index contributed by atoms with van der Waals surface area (Å²) >= 11 is 6.09. The van der Waals surface area contributed by atoms with Gasteiger partial charge in [-0.05, 0) is 35.4 Å². The maximum absolute atomic E-state index is 13.3. The Morgan fingerprint density at radius 1 is 1.06 bits per heavy atom. The van der Waals surface area contributed by atoms with Gasteiger partial charge in [0.15, 0.2) is 0 Å². The van der Waals surface area contributed by atoms with Crippen LogP contribution in [0.2, 0.25) is 5.02 Å². The van der Waals surface area contributed by atoms with Crippen molar-refractivity contribution in [2.24, 2.45) is 14.1 Å². The molecule has 1 N–H and O–H groups in total. The van der Waals surface area contributed by atoms with E-state index in [1.807, 2.05) is 22.8 Å². The third-order valence-electron chi connectivity index (χ3n) is 5.84. The first-order chi connectivity index (χ1) is 14.9. The number of aryl methyl sites for hydroxylation is 1. The van der Waals surface area contributed by atoms with Crippen molar-refractivity contribution < 1.29 is 9.84 Å². The number of ether oxygens (including phenoxy) is 1. The second-order valence-electron chi connectivity index (χ2n) is 7.67. The Balaban J connectivity index is 1.94. The molecule has 0 spiro atoms. The number of halogens is 1.